The summed E-state index contributed by atoms with van der Waals surface area (Å²) in [7, 11) is 0. The molecule has 0 spiro atoms. The Kier molecular flexibility index (Phi) is 8.02. The van der Waals surface area contributed by atoms with Crippen LogP contribution in [0.25, 0.3) is 0 Å². The number of benzene rings is 3. The minimum Gasteiger partial charge on any atom is -0.321 e. The van der Waals surface area contributed by atoms with Gasteiger partial charge in [-0.1, -0.05) is 85.8 Å². The number of nitriles is 1. The molecule has 6 heteroatoms. The molecule has 3 aromatic carbocycles. The first-order chi connectivity index (χ1) is 17.1. The fourth-order valence-electron chi connectivity index (χ4n) is 3.96. The van der Waals surface area contributed by atoms with Crippen LogP contribution in [0, 0.1) is 11.3 Å². The second-order valence-electron chi connectivity index (χ2n) is 8.35. The van der Waals surface area contributed by atoms with Gasteiger partial charge in [-0.15, -0.1) is 0 Å². The molecule has 1 atom stereocenters. The summed E-state index contributed by atoms with van der Waals surface area (Å²) in [6.45, 7) is 2.15. The van der Waals surface area contributed by atoms with E-state index >= 15 is 0 Å². The Morgan fingerprint density at radius 3 is 2.26 bits per heavy atom. The number of hydrogen-bond donors (Lipinski definition) is 1. The van der Waals surface area contributed by atoms with Gasteiger partial charge >= 0.3 is 0 Å². The van der Waals surface area contributed by atoms with Crippen molar-refractivity contribution in [1.82, 2.24) is 0 Å². The van der Waals surface area contributed by atoms with Crippen LogP contribution in [0.1, 0.15) is 30.9 Å². The van der Waals surface area contributed by atoms with E-state index in [0.29, 0.717) is 22.8 Å². The topological polar surface area (TPSA) is 73.2 Å². The monoisotopic (exact) mass is 481 g/mol. The number of anilines is 2. The summed E-state index contributed by atoms with van der Waals surface area (Å²) in [6, 6.07) is 28.7. The Morgan fingerprint density at radius 2 is 1.63 bits per heavy atom. The summed E-state index contributed by atoms with van der Waals surface area (Å²) in [4.78, 5) is 28.2. The zero-order valence-corrected chi connectivity index (χ0v) is 20.4. The lowest BCUT2D eigenvalue weighted by atomic mass is 10.1. The van der Waals surface area contributed by atoms with Gasteiger partial charge in [0.2, 0.25) is 5.91 Å². The number of carbonyl (C=O) groups excluding carboxylic acids is 2. The molecule has 0 unspecified atom stereocenters. The number of para-hydroxylation sites is 1. The largest absolute Gasteiger partial charge is 0.321 e. The van der Waals surface area contributed by atoms with Crippen molar-refractivity contribution < 1.29 is 9.59 Å². The summed E-state index contributed by atoms with van der Waals surface area (Å²) >= 11 is 1.27. The molecule has 0 aromatic heterocycles. The fourth-order valence-corrected chi connectivity index (χ4v) is 5.26. The average molecular weight is 482 g/mol. The van der Waals surface area contributed by atoms with Crippen LogP contribution in [-0.4, -0.2) is 17.1 Å². The molecule has 35 heavy (non-hydrogen) atoms. The summed E-state index contributed by atoms with van der Waals surface area (Å²) in [6.07, 6.45) is 3.74. The Balaban J connectivity index is 1.63. The van der Waals surface area contributed by atoms with E-state index in [4.69, 9.17) is 0 Å². The predicted octanol–water partition coefficient (Wildman–Crippen LogP) is 6.09. The van der Waals surface area contributed by atoms with Crippen molar-refractivity contribution in [2.45, 2.75) is 37.9 Å². The van der Waals surface area contributed by atoms with Gasteiger partial charge in [0.25, 0.3) is 5.91 Å². The highest BCUT2D eigenvalue weighted by atomic mass is 32.2. The summed E-state index contributed by atoms with van der Waals surface area (Å²) in [5, 5.41) is 12.8. The lowest BCUT2D eigenvalue weighted by Gasteiger charge is -2.18. The third-order valence-corrected chi connectivity index (χ3v) is 7.08. The molecule has 0 saturated carbocycles. The van der Waals surface area contributed by atoms with Crippen molar-refractivity contribution in [3.05, 3.63) is 107 Å². The molecular formula is C29H27N3O2S. The first-order valence-electron chi connectivity index (χ1n) is 11.7. The maximum absolute atomic E-state index is 13.5. The van der Waals surface area contributed by atoms with Crippen LogP contribution in [0.3, 0.4) is 0 Å². The molecule has 1 aliphatic heterocycles. The van der Waals surface area contributed by atoms with Crippen molar-refractivity contribution in [2.24, 2.45) is 0 Å². The Labute approximate surface area is 210 Å². The van der Waals surface area contributed by atoms with Crippen molar-refractivity contribution in [3.63, 3.8) is 0 Å². The van der Waals surface area contributed by atoms with E-state index in [1.807, 2.05) is 84.9 Å². The van der Waals surface area contributed by atoms with E-state index in [-0.39, 0.29) is 11.5 Å². The summed E-state index contributed by atoms with van der Waals surface area (Å²) in [5.74, 6) is -0.661. The zero-order valence-electron chi connectivity index (χ0n) is 19.6. The molecule has 1 aliphatic rings. The first-order valence-corrected chi connectivity index (χ1v) is 12.6. The highest BCUT2D eigenvalue weighted by Gasteiger charge is 2.40. The normalized spacial score (nSPS) is 16.6. The van der Waals surface area contributed by atoms with E-state index in [1.165, 1.54) is 22.2 Å². The maximum atomic E-state index is 13.5. The van der Waals surface area contributed by atoms with Crippen molar-refractivity contribution in [1.29, 1.82) is 5.26 Å². The molecule has 3 aromatic rings. The SMILES string of the molecule is CCCCc1ccc(NC(=O)/C(C#N)=C2/S[C@@H](Cc3ccccc3)C(=O)N2c2ccccc2)cc1. The van der Waals surface area contributed by atoms with Crippen LogP contribution in [0.4, 0.5) is 11.4 Å². The van der Waals surface area contributed by atoms with Gasteiger partial charge in [0.05, 0.1) is 5.25 Å². The van der Waals surface area contributed by atoms with Crippen molar-refractivity contribution >= 4 is 35.0 Å². The Hall–Kier alpha value is -3.82. The smallest absolute Gasteiger partial charge is 0.269 e. The maximum Gasteiger partial charge on any atom is 0.269 e. The number of amides is 2. The molecule has 1 heterocycles. The van der Waals surface area contributed by atoms with E-state index in [0.717, 1.165) is 24.8 Å². The van der Waals surface area contributed by atoms with E-state index < -0.39 is 11.2 Å². The van der Waals surface area contributed by atoms with Crippen LogP contribution in [0.2, 0.25) is 0 Å². The quantitative estimate of drug-likeness (QED) is 0.312. The summed E-state index contributed by atoms with van der Waals surface area (Å²) in [5.41, 5.74) is 3.41. The van der Waals surface area contributed by atoms with Crippen LogP contribution in [0.5, 0.6) is 0 Å². The number of unbranched alkanes of at least 4 members (excludes halogenated alkanes) is 1. The Bertz CT molecular complexity index is 1250. The van der Waals surface area contributed by atoms with E-state index in [9.17, 15) is 14.9 Å². The lowest BCUT2D eigenvalue weighted by Crippen LogP contribution is -2.30. The molecule has 176 valence electrons. The van der Waals surface area contributed by atoms with Gasteiger partial charge in [-0.2, -0.15) is 5.26 Å². The molecule has 0 aliphatic carbocycles. The van der Waals surface area contributed by atoms with Gasteiger partial charge in [-0.05, 0) is 54.7 Å². The number of hydrogen-bond acceptors (Lipinski definition) is 4. The lowest BCUT2D eigenvalue weighted by molar-refractivity contribution is -0.117. The van der Waals surface area contributed by atoms with Crippen LogP contribution in [-0.2, 0) is 22.4 Å². The van der Waals surface area contributed by atoms with Crippen molar-refractivity contribution in [3.8, 4) is 6.07 Å². The number of aryl methyl sites for hydroxylation is 1. The number of nitrogens with zero attached hydrogens (tertiary/aromatic N) is 2. The third kappa shape index (κ3) is 5.82. The van der Waals surface area contributed by atoms with Gasteiger partial charge in [-0.3, -0.25) is 14.5 Å². The Morgan fingerprint density at radius 1 is 0.971 bits per heavy atom. The molecule has 0 radical (unpaired) electrons. The van der Waals surface area contributed by atoms with Gasteiger partial charge in [0.15, 0.2) is 0 Å². The molecular weight excluding hydrogens is 454 g/mol. The summed E-state index contributed by atoms with van der Waals surface area (Å²) < 4.78 is 0. The van der Waals surface area contributed by atoms with Gasteiger partial charge in [-0.25, -0.2) is 0 Å². The number of carbonyl (C=O) groups is 2. The predicted molar refractivity (Wildman–Crippen MR) is 142 cm³/mol. The second kappa shape index (κ2) is 11.5. The minimum absolute atomic E-state index is 0.0715. The van der Waals surface area contributed by atoms with Gasteiger partial charge in [0.1, 0.15) is 16.7 Å². The molecule has 1 saturated heterocycles. The van der Waals surface area contributed by atoms with Gasteiger partial charge in [0, 0.05) is 11.4 Å². The van der Waals surface area contributed by atoms with E-state index in [1.54, 1.807) is 0 Å². The standard InChI is InChI=1S/C29H27N3O2S/c1-2-3-10-21-15-17-23(18-16-21)31-27(33)25(20-30)29-32(24-13-8-5-9-14-24)28(34)26(35-29)19-22-11-6-4-7-12-22/h4-9,11-18,26H,2-3,10,19H2,1H3,(H,31,33)/b29-25+/t26-/m0/s1. The van der Waals surface area contributed by atoms with Gasteiger partial charge < -0.3 is 5.32 Å². The molecule has 1 fully saturated rings. The highest BCUT2D eigenvalue weighted by molar-refractivity contribution is 8.05. The highest BCUT2D eigenvalue weighted by Crippen LogP contribution is 2.42. The second-order valence-corrected chi connectivity index (χ2v) is 9.54. The van der Waals surface area contributed by atoms with Crippen LogP contribution in [0.15, 0.2) is 95.5 Å². The van der Waals surface area contributed by atoms with Crippen LogP contribution < -0.4 is 10.2 Å². The van der Waals surface area contributed by atoms with Crippen molar-refractivity contribution in [2.75, 3.05) is 10.2 Å². The number of thioether (sulfide) groups is 1. The molecule has 4 rings (SSSR count). The molecule has 5 nitrogen and oxygen atoms in total. The average Bonchev–Trinajstić information content (AvgIpc) is 3.20. The third-order valence-electron chi connectivity index (χ3n) is 5.81. The number of rotatable bonds is 8. The van der Waals surface area contributed by atoms with Crippen LogP contribution >= 0.6 is 11.8 Å². The number of nitrogens with one attached hydrogen (secondary N) is 1. The first kappa shape index (κ1) is 24.3. The zero-order chi connectivity index (χ0) is 24.6. The van der Waals surface area contributed by atoms with E-state index in [2.05, 4.69) is 18.3 Å². The molecule has 1 N–H and O–H groups in total. The fraction of sp³-hybridized carbons (Fsp3) is 0.207. The minimum atomic E-state index is -0.523. The molecule has 0 bridgehead atoms. The molecule has 2 amide bonds.